The summed E-state index contributed by atoms with van der Waals surface area (Å²) in [5.74, 6) is 0.374. The van der Waals surface area contributed by atoms with Crippen LogP contribution in [0.2, 0.25) is 5.02 Å². The Morgan fingerprint density at radius 2 is 1.93 bits per heavy atom. The lowest BCUT2D eigenvalue weighted by atomic mass is 10.1. The van der Waals surface area contributed by atoms with Gasteiger partial charge in [0.05, 0.1) is 10.3 Å². The topological polar surface area (TPSA) is 56.0 Å². The molecular weight excluding hydrogens is 468 g/mol. The van der Waals surface area contributed by atoms with Gasteiger partial charge in [0, 0.05) is 20.1 Å². The monoisotopic (exact) mass is 478 g/mol. The number of halogens is 2. The fourth-order valence-electron chi connectivity index (χ4n) is 2.55. The van der Waals surface area contributed by atoms with Crippen molar-refractivity contribution in [3.8, 4) is 10.8 Å². The van der Waals surface area contributed by atoms with E-state index in [-0.39, 0.29) is 11.0 Å². The van der Waals surface area contributed by atoms with E-state index in [0.29, 0.717) is 21.7 Å². The Morgan fingerprint density at radius 1 is 1.19 bits per heavy atom. The number of hydrogen-bond acceptors (Lipinski definition) is 6. The van der Waals surface area contributed by atoms with Crippen LogP contribution in [0.5, 0.6) is 0 Å². The minimum Gasteiger partial charge on any atom is -0.410 e. The van der Waals surface area contributed by atoms with Gasteiger partial charge in [-0.05, 0) is 25.1 Å². The zero-order valence-electron chi connectivity index (χ0n) is 14.0. The van der Waals surface area contributed by atoms with Crippen LogP contribution in [0.1, 0.15) is 17.3 Å². The Bertz CT molecular complexity index is 1120. The van der Waals surface area contributed by atoms with E-state index in [1.54, 1.807) is 12.1 Å². The molecule has 4 aromatic rings. The van der Waals surface area contributed by atoms with Gasteiger partial charge in [-0.15, -0.1) is 21.5 Å². The van der Waals surface area contributed by atoms with Crippen molar-refractivity contribution in [3.63, 3.8) is 0 Å². The molecule has 0 radical (unpaired) electrons. The van der Waals surface area contributed by atoms with Gasteiger partial charge in [0.15, 0.2) is 5.78 Å². The molecule has 0 unspecified atom stereocenters. The molecule has 1 atom stereocenters. The van der Waals surface area contributed by atoms with E-state index >= 15 is 0 Å². The van der Waals surface area contributed by atoms with Crippen molar-refractivity contribution in [2.75, 3.05) is 0 Å². The molecule has 0 saturated heterocycles. The molecule has 0 aliphatic carbocycles. The number of fused-ring (bicyclic) bond motifs is 1. The number of aromatic nitrogens is 2. The highest BCUT2D eigenvalue weighted by molar-refractivity contribution is 9.10. The largest absolute Gasteiger partial charge is 0.410 e. The molecule has 136 valence electrons. The van der Waals surface area contributed by atoms with Crippen LogP contribution in [-0.4, -0.2) is 21.2 Å². The second-order valence-corrected chi connectivity index (χ2v) is 9.38. The zero-order chi connectivity index (χ0) is 19.0. The predicted octanol–water partition coefficient (Wildman–Crippen LogP) is 6.73. The second kappa shape index (κ2) is 7.75. The van der Waals surface area contributed by atoms with E-state index in [1.165, 1.54) is 23.1 Å². The molecule has 0 spiro atoms. The number of carbonyl (C=O) groups is 1. The zero-order valence-corrected chi connectivity index (χ0v) is 18.0. The molecule has 4 nitrogen and oxygen atoms in total. The van der Waals surface area contributed by atoms with Gasteiger partial charge in [0.1, 0.15) is 4.88 Å². The molecule has 27 heavy (non-hydrogen) atoms. The third-order valence-electron chi connectivity index (χ3n) is 3.91. The quantitative estimate of drug-likeness (QED) is 0.234. The first-order valence-corrected chi connectivity index (χ1v) is 10.9. The summed E-state index contributed by atoms with van der Waals surface area (Å²) in [5.41, 5.74) is 0.644. The van der Waals surface area contributed by atoms with Gasteiger partial charge in [-0.3, -0.25) is 4.79 Å². The average molecular weight is 480 g/mol. The molecule has 0 N–H and O–H groups in total. The Morgan fingerprint density at radius 3 is 2.67 bits per heavy atom. The van der Waals surface area contributed by atoms with Crippen molar-refractivity contribution in [1.29, 1.82) is 0 Å². The molecule has 2 heterocycles. The smallest absolute Gasteiger partial charge is 0.277 e. The van der Waals surface area contributed by atoms with Crippen LogP contribution in [-0.2, 0) is 0 Å². The number of thiophene rings is 1. The molecule has 0 saturated carbocycles. The summed E-state index contributed by atoms with van der Waals surface area (Å²) < 4.78 is 7.75. The highest BCUT2D eigenvalue weighted by Gasteiger charge is 2.22. The highest BCUT2D eigenvalue weighted by Crippen LogP contribution is 2.42. The summed E-state index contributed by atoms with van der Waals surface area (Å²) in [7, 11) is 0. The Labute approximate surface area is 177 Å². The summed E-state index contributed by atoms with van der Waals surface area (Å²) in [6.45, 7) is 1.82. The van der Waals surface area contributed by atoms with E-state index in [9.17, 15) is 4.79 Å². The van der Waals surface area contributed by atoms with Crippen LogP contribution in [0.3, 0.4) is 0 Å². The van der Waals surface area contributed by atoms with E-state index in [0.717, 1.165) is 19.4 Å². The summed E-state index contributed by atoms with van der Waals surface area (Å²) in [6, 6.07) is 15.1. The van der Waals surface area contributed by atoms with Crippen molar-refractivity contribution in [2.45, 2.75) is 17.4 Å². The van der Waals surface area contributed by atoms with Gasteiger partial charge in [0.25, 0.3) is 11.1 Å². The van der Waals surface area contributed by atoms with Crippen molar-refractivity contribution >= 4 is 66.5 Å². The van der Waals surface area contributed by atoms with Gasteiger partial charge in [-0.25, -0.2) is 0 Å². The minimum atomic E-state index is -0.350. The molecule has 0 aliphatic heterocycles. The number of hydrogen-bond donors (Lipinski definition) is 0. The summed E-state index contributed by atoms with van der Waals surface area (Å²) in [4.78, 5) is 13.3. The second-order valence-electron chi connectivity index (χ2n) is 5.75. The van der Waals surface area contributed by atoms with Crippen LogP contribution >= 0.6 is 50.6 Å². The third kappa shape index (κ3) is 3.82. The number of thioether (sulfide) groups is 1. The van der Waals surface area contributed by atoms with Crippen molar-refractivity contribution in [3.05, 3.63) is 63.6 Å². The predicted molar refractivity (Wildman–Crippen MR) is 114 cm³/mol. The molecular formula is C19H12BrClN2O2S2. The van der Waals surface area contributed by atoms with Crippen molar-refractivity contribution in [1.82, 2.24) is 10.2 Å². The number of ketones is 1. The van der Waals surface area contributed by atoms with Gasteiger partial charge in [-0.2, -0.15) is 0 Å². The minimum absolute atomic E-state index is 0.00662. The first-order chi connectivity index (χ1) is 13.0. The van der Waals surface area contributed by atoms with Gasteiger partial charge >= 0.3 is 0 Å². The summed E-state index contributed by atoms with van der Waals surface area (Å²) in [5, 5.41) is 9.74. The lowest BCUT2D eigenvalue weighted by Gasteiger charge is -2.07. The van der Waals surface area contributed by atoms with Crippen molar-refractivity contribution < 1.29 is 9.21 Å². The van der Waals surface area contributed by atoms with E-state index in [4.69, 9.17) is 16.0 Å². The van der Waals surface area contributed by atoms with Gasteiger partial charge in [0.2, 0.25) is 0 Å². The standard InChI is InChI=1S/C19H12BrClN2O2S2/c1-10(16(24)11-6-8-12(20)9-7-11)26-19-23-22-18(25-19)17-15(21)13-4-2-3-5-14(13)27-17/h2-10H,1H3/t10-/m1/s1. The van der Waals surface area contributed by atoms with E-state index in [1.807, 2.05) is 43.3 Å². The number of Topliss-reactive ketones (excluding diaryl/α,β-unsaturated/α-hetero) is 1. The lowest BCUT2D eigenvalue weighted by molar-refractivity contribution is 0.0993. The van der Waals surface area contributed by atoms with Crippen LogP contribution in [0.4, 0.5) is 0 Å². The van der Waals surface area contributed by atoms with Gasteiger partial charge in [-0.1, -0.05) is 69.6 Å². The average Bonchev–Trinajstić information content (AvgIpc) is 3.26. The first kappa shape index (κ1) is 18.7. The number of rotatable bonds is 5. The normalized spacial score (nSPS) is 12.4. The first-order valence-electron chi connectivity index (χ1n) is 8.00. The van der Waals surface area contributed by atoms with Crippen LogP contribution in [0.15, 0.2) is 62.6 Å². The van der Waals surface area contributed by atoms with E-state index < -0.39 is 0 Å². The maximum absolute atomic E-state index is 12.6. The van der Waals surface area contributed by atoms with Crippen LogP contribution < -0.4 is 0 Å². The summed E-state index contributed by atoms with van der Waals surface area (Å²) >= 11 is 12.6. The number of carbonyl (C=O) groups excluding carboxylic acids is 1. The molecule has 2 aromatic heterocycles. The molecule has 0 fully saturated rings. The van der Waals surface area contributed by atoms with Crippen molar-refractivity contribution in [2.24, 2.45) is 0 Å². The Balaban J connectivity index is 1.54. The maximum Gasteiger partial charge on any atom is 0.277 e. The summed E-state index contributed by atoms with van der Waals surface area (Å²) in [6.07, 6.45) is 0. The number of nitrogens with zero attached hydrogens (tertiary/aromatic N) is 2. The Kier molecular flexibility index (Phi) is 5.36. The third-order valence-corrected chi connectivity index (χ3v) is 7.04. The number of benzene rings is 2. The molecule has 4 rings (SSSR count). The van der Waals surface area contributed by atoms with Crippen LogP contribution in [0.25, 0.3) is 20.9 Å². The maximum atomic E-state index is 12.6. The molecule has 0 bridgehead atoms. The van der Waals surface area contributed by atoms with Crippen LogP contribution in [0, 0.1) is 0 Å². The SMILES string of the molecule is C[C@@H](Sc1nnc(-c2sc3ccccc3c2Cl)o1)C(=O)c1ccc(Br)cc1. The fraction of sp³-hybridized carbons (Fsp3) is 0.105. The molecule has 0 amide bonds. The molecule has 8 heteroatoms. The highest BCUT2D eigenvalue weighted by atomic mass is 79.9. The fourth-order valence-corrected chi connectivity index (χ4v) is 5.01. The lowest BCUT2D eigenvalue weighted by Crippen LogP contribution is -2.13. The Hall–Kier alpha value is -1.67. The molecule has 2 aromatic carbocycles. The van der Waals surface area contributed by atoms with E-state index in [2.05, 4.69) is 26.1 Å². The molecule has 0 aliphatic rings. The van der Waals surface area contributed by atoms with Gasteiger partial charge < -0.3 is 4.42 Å².